The van der Waals surface area contributed by atoms with Crippen LogP contribution in [-0.2, 0) is 11.8 Å². The Morgan fingerprint density at radius 3 is 2.40 bits per heavy atom. The third-order valence-corrected chi connectivity index (χ3v) is 3.66. The van der Waals surface area contributed by atoms with Gasteiger partial charge in [0.05, 0.1) is 17.9 Å². The van der Waals surface area contributed by atoms with Crippen LogP contribution < -0.4 is 4.90 Å². The summed E-state index contributed by atoms with van der Waals surface area (Å²) in [5, 5.41) is 4.48. The summed E-state index contributed by atoms with van der Waals surface area (Å²) in [5.74, 6) is 1.76. The van der Waals surface area contributed by atoms with Gasteiger partial charge in [0, 0.05) is 20.1 Å². The Kier molecular flexibility index (Phi) is 3.12. The van der Waals surface area contributed by atoms with Crippen molar-refractivity contribution in [1.82, 2.24) is 19.7 Å². The second-order valence-corrected chi connectivity index (χ2v) is 5.66. The van der Waals surface area contributed by atoms with Crippen LogP contribution in [-0.4, -0.2) is 45.0 Å². The second kappa shape index (κ2) is 4.70. The summed E-state index contributed by atoms with van der Waals surface area (Å²) in [5.41, 5.74) is 2.90. The van der Waals surface area contributed by atoms with E-state index in [9.17, 15) is 0 Å². The molecule has 2 atom stereocenters. The van der Waals surface area contributed by atoms with Gasteiger partial charge in [-0.05, 0) is 27.7 Å². The van der Waals surface area contributed by atoms with Crippen molar-refractivity contribution in [2.45, 2.75) is 39.9 Å². The molecule has 1 aliphatic rings. The van der Waals surface area contributed by atoms with Crippen LogP contribution in [0.2, 0.25) is 0 Å². The SMILES string of the molecule is Cc1nc(N2CC(C)OC(C)C2)c2c(n1)c(C)nn2C. The number of rotatable bonds is 1. The minimum absolute atomic E-state index is 0.207. The Morgan fingerprint density at radius 2 is 1.75 bits per heavy atom. The third kappa shape index (κ3) is 2.14. The molecule has 0 N–H and O–H groups in total. The first-order valence-electron chi connectivity index (χ1n) is 7.04. The lowest BCUT2D eigenvalue weighted by Crippen LogP contribution is -2.46. The molecule has 20 heavy (non-hydrogen) atoms. The molecule has 1 fully saturated rings. The van der Waals surface area contributed by atoms with Crippen LogP contribution in [0.1, 0.15) is 25.4 Å². The molecule has 3 rings (SSSR count). The van der Waals surface area contributed by atoms with E-state index in [4.69, 9.17) is 4.74 Å². The van der Waals surface area contributed by atoms with Gasteiger partial charge in [-0.3, -0.25) is 4.68 Å². The van der Waals surface area contributed by atoms with Crippen molar-refractivity contribution in [3.63, 3.8) is 0 Å². The van der Waals surface area contributed by atoms with Gasteiger partial charge in [0.25, 0.3) is 0 Å². The van der Waals surface area contributed by atoms with E-state index in [1.165, 1.54) is 0 Å². The number of aryl methyl sites for hydroxylation is 3. The van der Waals surface area contributed by atoms with Crippen LogP contribution in [0.4, 0.5) is 5.82 Å². The maximum absolute atomic E-state index is 5.81. The fraction of sp³-hybridized carbons (Fsp3) is 0.643. The molecule has 1 aliphatic heterocycles. The van der Waals surface area contributed by atoms with Gasteiger partial charge in [0.1, 0.15) is 16.9 Å². The Morgan fingerprint density at radius 1 is 1.10 bits per heavy atom. The average Bonchev–Trinajstić information content (AvgIpc) is 2.62. The van der Waals surface area contributed by atoms with Gasteiger partial charge < -0.3 is 9.64 Å². The highest BCUT2D eigenvalue weighted by Gasteiger charge is 2.26. The summed E-state index contributed by atoms with van der Waals surface area (Å²) < 4.78 is 7.69. The molecule has 0 spiro atoms. The maximum Gasteiger partial charge on any atom is 0.158 e. The van der Waals surface area contributed by atoms with Crippen molar-refractivity contribution in [3.8, 4) is 0 Å². The number of anilines is 1. The predicted molar refractivity (Wildman–Crippen MR) is 78.0 cm³/mol. The van der Waals surface area contributed by atoms with E-state index in [1.54, 1.807) is 0 Å². The molecule has 0 aliphatic carbocycles. The number of nitrogens with zero attached hydrogens (tertiary/aromatic N) is 5. The summed E-state index contributed by atoms with van der Waals surface area (Å²) in [6.45, 7) is 9.82. The largest absolute Gasteiger partial charge is 0.372 e. The minimum atomic E-state index is 0.207. The highest BCUT2D eigenvalue weighted by atomic mass is 16.5. The van der Waals surface area contributed by atoms with Gasteiger partial charge in [-0.25, -0.2) is 9.97 Å². The topological polar surface area (TPSA) is 56.1 Å². The smallest absolute Gasteiger partial charge is 0.158 e. The van der Waals surface area contributed by atoms with Gasteiger partial charge in [0.2, 0.25) is 0 Å². The minimum Gasteiger partial charge on any atom is -0.372 e. The monoisotopic (exact) mass is 275 g/mol. The number of aromatic nitrogens is 4. The van der Waals surface area contributed by atoms with Gasteiger partial charge in [-0.15, -0.1) is 0 Å². The van der Waals surface area contributed by atoms with Crippen LogP contribution in [0.25, 0.3) is 11.0 Å². The zero-order chi connectivity index (χ0) is 14.4. The molecular weight excluding hydrogens is 254 g/mol. The van der Waals surface area contributed by atoms with E-state index < -0.39 is 0 Å². The van der Waals surface area contributed by atoms with Crippen molar-refractivity contribution < 1.29 is 4.74 Å². The molecule has 6 nitrogen and oxygen atoms in total. The van der Waals surface area contributed by atoms with Crippen molar-refractivity contribution in [1.29, 1.82) is 0 Å². The fourth-order valence-electron chi connectivity index (χ4n) is 3.00. The summed E-state index contributed by atoms with van der Waals surface area (Å²) >= 11 is 0. The van der Waals surface area contributed by atoms with Crippen molar-refractivity contribution in [2.24, 2.45) is 7.05 Å². The van der Waals surface area contributed by atoms with E-state index in [0.29, 0.717) is 0 Å². The molecular formula is C14H21N5O. The zero-order valence-corrected chi connectivity index (χ0v) is 12.7. The molecule has 1 saturated heterocycles. The maximum atomic E-state index is 5.81. The van der Waals surface area contributed by atoms with Crippen molar-refractivity contribution in [3.05, 3.63) is 11.5 Å². The van der Waals surface area contributed by atoms with E-state index in [0.717, 1.165) is 41.5 Å². The molecule has 108 valence electrons. The Bertz CT molecular complexity index is 641. The van der Waals surface area contributed by atoms with Crippen LogP contribution in [0.5, 0.6) is 0 Å². The van der Waals surface area contributed by atoms with Crippen LogP contribution in [0, 0.1) is 13.8 Å². The normalized spacial score (nSPS) is 23.6. The first kappa shape index (κ1) is 13.3. The number of hydrogen-bond donors (Lipinski definition) is 0. The highest BCUT2D eigenvalue weighted by molar-refractivity contribution is 5.88. The van der Waals surface area contributed by atoms with Crippen molar-refractivity contribution in [2.75, 3.05) is 18.0 Å². The van der Waals surface area contributed by atoms with Gasteiger partial charge in [0.15, 0.2) is 5.82 Å². The first-order chi connectivity index (χ1) is 9.45. The molecule has 0 aromatic carbocycles. The standard InChI is InChI=1S/C14H21N5O/c1-8-6-19(7-9(2)20-8)14-13-12(15-11(4)16-14)10(3)17-18(13)5/h8-9H,6-7H2,1-5H3. The average molecular weight is 275 g/mol. The quantitative estimate of drug-likeness (QED) is 0.791. The molecule has 0 amide bonds. The first-order valence-corrected chi connectivity index (χ1v) is 7.04. The van der Waals surface area contributed by atoms with Crippen LogP contribution in [0.15, 0.2) is 0 Å². The van der Waals surface area contributed by atoms with E-state index >= 15 is 0 Å². The Balaban J connectivity index is 2.15. The van der Waals surface area contributed by atoms with Gasteiger partial charge in [-0.2, -0.15) is 5.10 Å². The second-order valence-electron chi connectivity index (χ2n) is 5.66. The zero-order valence-electron chi connectivity index (χ0n) is 12.7. The van der Waals surface area contributed by atoms with E-state index in [-0.39, 0.29) is 12.2 Å². The Hall–Kier alpha value is -1.69. The van der Waals surface area contributed by atoms with Gasteiger partial charge in [-0.1, -0.05) is 0 Å². The number of morpholine rings is 1. The number of hydrogen-bond acceptors (Lipinski definition) is 5. The lowest BCUT2D eigenvalue weighted by molar-refractivity contribution is -0.00540. The number of fused-ring (bicyclic) bond motifs is 1. The molecule has 2 aromatic rings. The summed E-state index contributed by atoms with van der Waals surface area (Å²) in [6.07, 6.45) is 0.414. The predicted octanol–water partition coefficient (Wildman–Crippen LogP) is 1.59. The molecule has 2 unspecified atom stereocenters. The van der Waals surface area contributed by atoms with E-state index in [1.807, 2.05) is 25.6 Å². The summed E-state index contributed by atoms with van der Waals surface area (Å²) in [6, 6.07) is 0. The molecule has 0 saturated carbocycles. The van der Waals surface area contributed by atoms with E-state index in [2.05, 4.69) is 33.8 Å². The fourth-order valence-corrected chi connectivity index (χ4v) is 3.00. The Labute approximate surface area is 118 Å². The highest BCUT2D eigenvalue weighted by Crippen LogP contribution is 2.27. The van der Waals surface area contributed by atoms with Crippen molar-refractivity contribution >= 4 is 16.9 Å². The summed E-state index contributed by atoms with van der Waals surface area (Å²) in [4.78, 5) is 11.5. The molecule has 0 radical (unpaired) electrons. The van der Waals surface area contributed by atoms with Gasteiger partial charge >= 0.3 is 0 Å². The lowest BCUT2D eigenvalue weighted by atomic mass is 10.2. The van der Waals surface area contributed by atoms with Crippen LogP contribution >= 0.6 is 0 Å². The lowest BCUT2D eigenvalue weighted by Gasteiger charge is -2.36. The number of ether oxygens (including phenoxy) is 1. The third-order valence-electron chi connectivity index (χ3n) is 3.66. The molecule has 6 heteroatoms. The molecule has 0 bridgehead atoms. The molecule has 2 aromatic heterocycles. The van der Waals surface area contributed by atoms with Crippen LogP contribution in [0.3, 0.4) is 0 Å². The summed E-state index contributed by atoms with van der Waals surface area (Å²) in [7, 11) is 1.95. The molecule has 3 heterocycles.